The Kier molecular flexibility index (Phi) is 8.10. The number of rotatable bonds is 8. The van der Waals surface area contributed by atoms with Gasteiger partial charge in [0.15, 0.2) is 0 Å². The second kappa shape index (κ2) is 12.2. The molecule has 4 aromatic rings. The summed E-state index contributed by atoms with van der Waals surface area (Å²) in [6.07, 6.45) is 8.78. The summed E-state index contributed by atoms with van der Waals surface area (Å²) in [4.78, 5) is 33.9. The van der Waals surface area contributed by atoms with Crippen LogP contribution < -0.4 is 5.32 Å². The van der Waals surface area contributed by atoms with Crippen LogP contribution in [-0.4, -0.2) is 27.5 Å². The third-order valence-corrected chi connectivity index (χ3v) is 6.87. The van der Waals surface area contributed by atoms with E-state index in [4.69, 9.17) is 9.72 Å². The van der Waals surface area contributed by atoms with Crippen LogP contribution in [0.25, 0.3) is 22.8 Å². The van der Waals surface area contributed by atoms with Gasteiger partial charge in [-0.15, -0.1) is 0 Å². The van der Waals surface area contributed by atoms with Gasteiger partial charge in [-0.1, -0.05) is 54.6 Å². The first kappa shape index (κ1) is 27.2. The molecule has 1 N–H and O–H groups in total. The average Bonchev–Trinajstić information content (AvgIpc) is 3.00. The topological polar surface area (TPSA) is 107 Å². The van der Waals surface area contributed by atoms with Crippen LogP contribution in [0.4, 0.5) is 5.69 Å². The number of pyridine rings is 2. The van der Waals surface area contributed by atoms with E-state index in [0.717, 1.165) is 28.0 Å². The van der Waals surface area contributed by atoms with E-state index in [-0.39, 0.29) is 12.3 Å². The van der Waals surface area contributed by atoms with Gasteiger partial charge in [-0.2, -0.15) is 0 Å². The third kappa shape index (κ3) is 5.96. The van der Waals surface area contributed by atoms with Crippen LogP contribution in [-0.2, 0) is 9.53 Å². The number of esters is 1. The van der Waals surface area contributed by atoms with Gasteiger partial charge in [0.1, 0.15) is 6.61 Å². The Labute approximate surface area is 237 Å². The van der Waals surface area contributed by atoms with E-state index in [9.17, 15) is 14.9 Å². The summed E-state index contributed by atoms with van der Waals surface area (Å²) >= 11 is 0. The van der Waals surface area contributed by atoms with E-state index >= 15 is 0 Å². The Morgan fingerprint density at radius 2 is 1.76 bits per heavy atom. The van der Waals surface area contributed by atoms with Crippen molar-refractivity contribution in [1.29, 1.82) is 0 Å². The maximum absolute atomic E-state index is 13.7. The molecule has 0 saturated heterocycles. The zero-order valence-electron chi connectivity index (χ0n) is 22.7. The fourth-order valence-electron chi connectivity index (χ4n) is 5.06. The molecule has 204 valence electrons. The van der Waals surface area contributed by atoms with Crippen molar-refractivity contribution >= 4 is 23.3 Å². The number of ether oxygens (including phenoxy) is 1. The highest BCUT2D eigenvalue weighted by Gasteiger charge is 2.36. The van der Waals surface area contributed by atoms with Crippen molar-refractivity contribution in [3.63, 3.8) is 0 Å². The molecule has 2 aromatic carbocycles. The zero-order chi connectivity index (χ0) is 28.8. The smallest absolute Gasteiger partial charge is 0.337 e. The SMILES string of the molecule is CC1=C(C(=O)OC/C=C/c2ccccc2)C(c2cccc([N+](=O)[O-])c2)C(c2ncccc2-c2ccncc2)=C(C)N1. The number of non-ortho nitro benzene ring substituents is 1. The lowest BCUT2D eigenvalue weighted by Crippen LogP contribution is -2.29. The molecule has 5 rings (SSSR count). The van der Waals surface area contributed by atoms with E-state index in [2.05, 4.69) is 10.3 Å². The summed E-state index contributed by atoms with van der Waals surface area (Å²) in [6.45, 7) is 3.79. The number of nitrogens with one attached hydrogen (secondary N) is 1. The number of allylic oxidation sites excluding steroid dienone is 3. The fraction of sp³-hybridized carbons (Fsp3) is 0.121. The van der Waals surface area contributed by atoms with Gasteiger partial charge in [-0.05, 0) is 54.8 Å². The van der Waals surface area contributed by atoms with Gasteiger partial charge in [-0.25, -0.2) is 4.79 Å². The molecule has 41 heavy (non-hydrogen) atoms. The summed E-state index contributed by atoms with van der Waals surface area (Å²) in [5.74, 6) is -1.19. The molecule has 0 spiro atoms. The largest absolute Gasteiger partial charge is 0.458 e. The predicted molar refractivity (Wildman–Crippen MR) is 158 cm³/mol. The number of nitro groups is 1. The molecule has 1 aliphatic heterocycles. The monoisotopic (exact) mass is 544 g/mol. The molecular formula is C33H28N4O4. The van der Waals surface area contributed by atoms with Crippen LogP contribution in [0.2, 0.25) is 0 Å². The minimum absolute atomic E-state index is 0.0652. The fourth-order valence-corrected chi connectivity index (χ4v) is 5.06. The molecule has 0 fully saturated rings. The van der Waals surface area contributed by atoms with Crippen LogP contribution in [0, 0.1) is 10.1 Å². The quantitative estimate of drug-likeness (QED) is 0.149. The lowest BCUT2D eigenvalue weighted by Gasteiger charge is -2.32. The first-order chi connectivity index (χ1) is 19.9. The van der Waals surface area contributed by atoms with Crippen LogP contribution in [0.5, 0.6) is 0 Å². The van der Waals surface area contributed by atoms with Crippen molar-refractivity contribution in [3.05, 3.63) is 147 Å². The number of nitro benzene ring substituents is 1. The van der Waals surface area contributed by atoms with E-state index in [0.29, 0.717) is 22.5 Å². The minimum Gasteiger partial charge on any atom is -0.458 e. The van der Waals surface area contributed by atoms with Crippen LogP contribution in [0.1, 0.15) is 36.6 Å². The van der Waals surface area contributed by atoms with Crippen LogP contribution >= 0.6 is 0 Å². The number of hydrogen-bond donors (Lipinski definition) is 1. The molecular weight excluding hydrogens is 516 g/mol. The number of benzene rings is 2. The minimum atomic E-state index is -0.669. The maximum atomic E-state index is 13.7. The molecule has 2 aromatic heterocycles. The van der Waals surface area contributed by atoms with Crippen molar-refractivity contribution in [3.8, 4) is 11.1 Å². The molecule has 0 amide bonds. The molecule has 8 nitrogen and oxygen atoms in total. The van der Waals surface area contributed by atoms with E-state index in [1.165, 1.54) is 12.1 Å². The van der Waals surface area contributed by atoms with E-state index < -0.39 is 16.8 Å². The number of carbonyl (C=O) groups excluding carboxylic acids is 1. The average molecular weight is 545 g/mol. The lowest BCUT2D eigenvalue weighted by atomic mass is 9.77. The maximum Gasteiger partial charge on any atom is 0.337 e. The Balaban J connectivity index is 1.59. The summed E-state index contributed by atoms with van der Waals surface area (Å²) in [5, 5.41) is 15.1. The van der Waals surface area contributed by atoms with Gasteiger partial charge in [0.2, 0.25) is 0 Å². The van der Waals surface area contributed by atoms with Crippen molar-refractivity contribution in [2.45, 2.75) is 19.8 Å². The first-order valence-electron chi connectivity index (χ1n) is 13.1. The van der Waals surface area contributed by atoms with E-state index in [1.807, 2.05) is 74.5 Å². The highest BCUT2D eigenvalue weighted by Crippen LogP contribution is 2.46. The van der Waals surface area contributed by atoms with Gasteiger partial charge in [-0.3, -0.25) is 20.1 Å². The third-order valence-electron chi connectivity index (χ3n) is 6.87. The summed E-state index contributed by atoms with van der Waals surface area (Å²) in [5.41, 5.74) is 6.42. The summed E-state index contributed by atoms with van der Waals surface area (Å²) in [6, 6.07) is 23.7. The molecule has 0 aliphatic carbocycles. The predicted octanol–water partition coefficient (Wildman–Crippen LogP) is 6.70. The van der Waals surface area contributed by atoms with Gasteiger partial charge >= 0.3 is 5.97 Å². The van der Waals surface area contributed by atoms with E-state index in [1.54, 1.807) is 36.8 Å². The van der Waals surface area contributed by atoms with Gasteiger partial charge in [0.05, 0.1) is 16.2 Å². The van der Waals surface area contributed by atoms with Crippen molar-refractivity contribution in [2.75, 3.05) is 6.61 Å². The summed E-state index contributed by atoms with van der Waals surface area (Å²) in [7, 11) is 0. The lowest BCUT2D eigenvalue weighted by molar-refractivity contribution is -0.384. The van der Waals surface area contributed by atoms with Crippen molar-refractivity contribution < 1.29 is 14.5 Å². The Hall–Kier alpha value is -5.37. The Bertz CT molecular complexity index is 1680. The van der Waals surface area contributed by atoms with Gasteiger partial charge in [0, 0.05) is 59.2 Å². The Morgan fingerprint density at radius 3 is 2.51 bits per heavy atom. The zero-order valence-corrected chi connectivity index (χ0v) is 22.7. The van der Waals surface area contributed by atoms with Gasteiger partial charge < -0.3 is 10.1 Å². The molecule has 0 radical (unpaired) electrons. The number of carbonyl (C=O) groups is 1. The van der Waals surface area contributed by atoms with Crippen molar-refractivity contribution in [1.82, 2.24) is 15.3 Å². The number of nitrogens with zero attached hydrogens (tertiary/aromatic N) is 3. The molecule has 1 aliphatic rings. The first-order valence-corrected chi connectivity index (χ1v) is 13.1. The van der Waals surface area contributed by atoms with Crippen molar-refractivity contribution in [2.24, 2.45) is 0 Å². The highest BCUT2D eigenvalue weighted by molar-refractivity contribution is 5.98. The second-order valence-corrected chi connectivity index (χ2v) is 9.53. The molecule has 1 unspecified atom stereocenters. The van der Waals surface area contributed by atoms with Gasteiger partial charge in [0.25, 0.3) is 5.69 Å². The van der Waals surface area contributed by atoms with Crippen LogP contribution in [0.15, 0.2) is 120 Å². The van der Waals surface area contributed by atoms with Crippen LogP contribution in [0.3, 0.4) is 0 Å². The molecule has 0 bridgehead atoms. The molecule has 0 saturated carbocycles. The number of hydrogen-bond acceptors (Lipinski definition) is 7. The summed E-state index contributed by atoms with van der Waals surface area (Å²) < 4.78 is 5.73. The molecule has 1 atom stereocenters. The Morgan fingerprint density at radius 1 is 0.976 bits per heavy atom. The number of aromatic nitrogens is 2. The highest BCUT2D eigenvalue weighted by atomic mass is 16.6. The molecule has 3 heterocycles. The normalized spacial score (nSPS) is 15.1. The number of dihydropyridines is 1. The standard InChI is InChI=1S/C33H28N4O4/c1-22-29(32-28(14-7-17-35-32)25-15-18-34-19-16-25)31(26-12-6-13-27(21-26)37(39)40)30(23(2)36-22)33(38)41-20-8-11-24-9-4-3-5-10-24/h3-19,21,31,36H,20H2,1-2H3/b11-8+. The second-order valence-electron chi connectivity index (χ2n) is 9.53. The molecule has 8 heteroatoms.